The number of benzene rings is 2. The quantitative estimate of drug-likeness (QED) is 0.742. The maximum absolute atomic E-state index is 11.9. The molecule has 0 saturated heterocycles. The lowest BCUT2D eigenvalue weighted by atomic mass is 9.87. The van der Waals surface area contributed by atoms with E-state index in [0.717, 1.165) is 0 Å². The fourth-order valence-corrected chi connectivity index (χ4v) is 2.03. The van der Waals surface area contributed by atoms with Gasteiger partial charge >= 0.3 is 6.03 Å². The second-order valence-electron chi connectivity index (χ2n) is 6.36. The van der Waals surface area contributed by atoms with E-state index in [2.05, 4.69) is 31.4 Å². The van der Waals surface area contributed by atoms with Gasteiger partial charge in [0.25, 0.3) is 5.91 Å². The largest absolute Gasteiger partial charge is 0.399 e. The molecule has 0 aliphatic rings. The summed E-state index contributed by atoms with van der Waals surface area (Å²) in [6.45, 7) is 6.36. The number of hydrogen-bond donors (Lipinski definition) is 3. The number of imide groups is 1. The number of nitrogens with one attached hydrogen (secondary N) is 2. The van der Waals surface area contributed by atoms with Crippen molar-refractivity contribution in [2.75, 3.05) is 11.1 Å². The van der Waals surface area contributed by atoms with Crippen molar-refractivity contribution in [3.63, 3.8) is 0 Å². The summed E-state index contributed by atoms with van der Waals surface area (Å²) in [6.07, 6.45) is 0. The van der Waals surface area contributed by atoms with Gasteiger partial charge in [-0.25, -0.2) is 4.79 Å². The smallest absolute Gasteiger partial charge is 0.326 e. The molecule has 0 aromatic heterocycles. The number of nitrogen functional groups attached to an aromatic ring is 1. The van der Waals surface area contributed by atoms with E-state index in [9.17, 15) is 9.59 Å². The Balaban J connectivity index is 1.96. The van der Waals surface area contributed by atoms with E-state index in [1.807, 2.05) is 24.3 Å². The minimum Gasteiger partial charge on any atom is -0.399 e. The Morgan fingerprint density at radius 2 is 1.48 bits per heavy atom. The van der Waals surface area contributed by atoms with Crippen LogP contribution in [0.2, 0.25) is 0 Å². The Bertz CT molecular complexity index is 699. The van der Waals surface area contributed by atoms with Crippen molar-refractivity contribution in [1.29, 1.82) is 0 Å². The molecule has 2 aromatic rings. The zero-order chi connectivity index (χ0) is 17.0. The number of carbonyl (C=O) groups excluding carboxylic acids is 2. The molecule has 2 aromatic carbocycles. The summed E-state index contributed by atoms with van der Waals surface area (Å²) in [5, 5.41) is 4.92. The fourth-order valence-electron chi connectivity index (χ4n) is 2.03. The summed E-state index contributed by atoms with van der Waals surface area (Å²) < 4.78 is 0. The highest BCUT2D eigenvalue weighted by Crippen LogP contribution is 2.23. The lowest BCUT2D eigenvalue weighted by molar-refractivity contribution is 0.0967. The molecule has 5 heteroatoms. The molecule has 4 N–H and O–H groups in total. The number of amides is 3. The van der Waals surface area contributed by atoms with Gasteiger partial charge in [0, 0.05) is 16.9 Å². The molecule has 0 heterocycles. The van der Waals surface area contributed by atoms with Crippen LogP contribution >= 0.6 is 0 Å². The second kappa shape index (κ2) is 6.52. The third-order valence-corrected chi connectivity index (χ3v) is 3.41. The Hall–Kier alpha value is -2.82. The molecule has 0 saturated carbocycles. The molecule has 23 heavy (non-hydrogen) atoms. The number of nitrogens with two attached hydrogens (primary N) is 1. The number of hydrogen-bond acceptors (Lipinski definition) is 3. The van der Waals surface area contributed by atoms with Crippen LogP contribution < -0.4 is 16.4 Å². The van der Waals surface area contributed by atoms with Crippen molar-refractivity contribution in [3.05, 3.63) is 59.7 Å². The molecule has 0 aliphatic heterocycles. The average Bonchev–Trinajstić information content (AvgIpc) is 2.47. The van der Waals surface area contributed by atoms with E-state index in [4.69, 9.17) is 5.73 Å². The van der Waals surface area contributed by atoms with E-state index in [0.29, 0.717) is 16.9 Å². The van der Waals surface area contributed by atoms with Crippen molar-refractivity contribution < 1.29 is 9.59 Å². The highest BCUT2D eigenvalue weighted by atomic mass is 16.2. The lowest BCUT2D eigenvalue weighted by Crippen LogP contribution is -2.34. The van der Waals surface area contributed by atoms with Crippen molar-refractivity contribution in [3.8, 4) is 0 Å². The van der Waals surface area contributed by atoms with Gasteiger partial charge in [0.05, 0.1) is 0 Å². The summed E-state index contributed by atoms with van der Waals surface area (Å²) in [5.74, 6) is -0.478. The summed E-state index contributed by atoms with van der Waals surface area (Å²) in [7, 11) is 0. The minimum atomic E-state index is -0.574. The molecule has 0 unspecified atom stereocenters. The Labute approximate surface area is 135 Å². The molecule has 0 atom stereocenters. The summed E-state index contributed by atoms with van der Waals surface area (Å²) in [5.41, 5.74) is 8.34. The molecule has 5 nitrogen and oxygen atoms in total. The van der Waals surface area contributed by atoms with Gasteiger partial charge in [-0.15, -0.1) is 0 Å². The standard InChI is InChI=1S/C18H21N3O2/c1-18(2,3)13-6-10-15(11-7-13)20-17(23)21-16(22)12-4-8-14(19)9-5-12/h4-11H,19H2,1-3H3,(H2,20,21,22,23). The average molecular weight is 311 g/mol. The van der Waals surface area contributed by atoms with Crippen LogP contribution in [-0.2, 0) is 5.41 Å². The van der Waals surface area contributed by atoms with Gasteiger partial charge in [0.1, 0.15) is 0 Å². The van der Waals surface area contributed by atoms with Gasteiger partial charge in [-0.05, 0) is 47.4 Å². The Morgan fingerprint density at radius 1 is 0.913 bits per heavy atom. The van der Waals surface area contributed by atoms with Crippen molar-refractivity contribution in [2.45, 2.75) is 26.2 Å². The molecule has 0 radical (unpaired) electrons. The molecule has 120 valence electrons. The van der Waals surface area contributed by atoms with Crippen molar-refractivity contribution in [1.82, 2.24) is 5.32 Å². The van der Waals surface area contributed by atoms with Crippen LogP contribution in [0.4, 0.5) is 16.2 Å². The molecule has 2 rings (SSSR count). The van der Waals surface area contributed by atoms with E-state index < -0.39 is 11.9 Å². The van der Waals surface area contributed by atoms with Gasteiger partial charge in [-0.3, -0.25) is 10.1 Å². The molecule has 3 amide bonds. The van der Waals surface area contributed by atoms with E-state index in [-0.39, 0.29) is 5.41 Å². The van der Waals surface area contributed by atoms with Gasteiger partial charge in [0.2, 0.25) is 0 Å². The fraction of sp³-hybridized carbons (Fsp3) is 0.222. The van der Waals surface area contributed by atoms with Crippen LogP contribution in [0.25, 0.3) is 0 Å². The third kappa shape index (κ3) is 4.57. The second-order valence-corrected chi connectivity index (χ2v) is 6.36. The third-order valence-electron chi connectivity index (χ3n) is 3.41. The van der Waals surface area contributed by atoms with Gasteiger partial charge < -0.3 is 11.1 Å². The van der Waals surface area contributed by atoms with Crippen LogP contribution in [0, 0.1) is 0 Å². The predicted molar refractivity (Wildman–Crippen MR) is 92.5 cm³/mol. The molecular weight excluding hydrogens is 290 g/mol. The topological polar surface area (TPSA) is 84.2 Å². The molecule has 0 spiro atoms. The lowest BCUT2D eigenvalue weighted by Gasteiger charge is -2.19. The van der Waals surface area contributed by atoms with Crippen molar-refractivity contribution >= 4 is 23.3 Å². The van der Waals surface area contributed by atoms with Gasteiger partial charge in [-0.2, -0.15) is 0 Å². The SMILES string of the molecule is CC(C)(C)c1ccc(NC(=O)NC(=O)c2ccc(N)cc2)cc1. The zero-order valence-electron chi connectivity index (χ0n) is 13.5. The molecule has 0 bridgehead atoms. The maximum atomic E-state index is 11.9. The number of rotatable bonds is 2. The zero-order valence-corrected chi connectivity index (χ0v) is 13.5. The normalized spacial score (nSPS) is 10.9. The highest BCUT2D eigenvalue weighted by molar-refractivity contribution is 6.08. The number of urea groups is 1. The molecular formula is C18H21N3O2. The monoisotopic (exact) mass is 311 g/mol. The summed E-state index contributed by atoms with van der Waals surface area (Å²) in [6, 6.07) is 13.3. The van der Waals surface area contributed by atoms with Crippen LogP contribution in [0.5, 0.6) is 0 Å². The Kier molecular flexibility index (Phi) is 4.69. The molecule has 0 fully saturated rings. The van der Waals surface area contributed by atoms with Gasteiger partial charge in [0.15, 0.2) is 0 Å². The summed E-state index contributed by atoms with van der Waals surface area (Å²) >= 11 is 0. The first-order chi connectivity index (χ1) is 10.8. The van der Waals surface area contributed by atoms with Crippen LogP contribution in [-0.4, -0.2) is 11.9 Å². The number of carbonyl (C=O) groups is 2. The minimum absolute atomic E-state index is 0.0475. The summed E-state index contributed by atoms with van der Waals surface area (Å²) in [4.78, 5) is 23.8. The predicted octanol–water partition coefficient (Wildman–Crippen LogP) is 3.53. The number of anilines is 2. The van der Waals surface area contributed by atoms with E-state index in [1.54, 1.807) is 24.3 Å². The molecule has 0 aliphatic carbocycles. The van der Waals surface area contributed by atoms with Crippen molar-refractivity contribution in [2.24, 2.45) is 0 Å². The van der Waals surface area contributed by atoms with Gasteiger partial charge in [-0.1, -0.05) is 32.9 Å². The first kappa shape index (κ1) is 16.5. The Morgan fingerprint density at radius 3 is 2.00 bits per heavy atom. The van der Waals surface area contributed by atoms with E-state index >= 15 is 0 Å². The van der Waals surface area contributed by atoms with E-state index in [1.165, 1.54) is 5.56 Å². The first-order valence-corrected chi connectivity index (χ1v) is 7.34. The van der Waals surface area contributed by atoms with Crippen LogP contribution in [0.1, 0.15) is 36.7 Å². The maximum Gasteiger partial charge on any atom is 0.326 e. The highest BCUT2D eigenvalue weighted by Gasteiger charge is 2.14. The van der Waals surface area contributed by atoms with Crippen LogP contribution in [0.3, 0.4) is 0 Å². The van der Waals surface area contributed by atoms with Crippen LogP contribution in [0.15, 0.2) is 48.5 Å². The first-order valence-electron chi connectivity index (χ1n) is 7.34.